The third kappa shape index (κ3) is 3.46. The molecule has 0 atom stereocenters. The minimum absolute atomic E-state index is 0.0362. The molecule has 0 radical (unpaired) electrons. The Bertz CT molecular complexity index is 702. The quantitative estimate of drug-likeness (QED) is 0.882. The average molecular weight is 312 g/mol. The van der Waals surface area contributed by atoms with E-state index in [0.29, 0.717) is 0 Å². The van der Waals surface area contributed by atoms with Gasteiger partial charge in [-0.1, -0.05) is 18.2 Å². The molecule has 1 aromatic heterocycles. The van der Waals surface area contributed by atoms with Crippen molar-refractivity contribution in [1.82, 2.24) is 4.98 Å². The van der Waals surface area contributed by atoms with Crippen molar-refractivity contribution >= 4 is 11.8 Å². The first-order valence-corrected chi connectivity index (χ1v) is 6.01. The van der Waals surface area contributed by atoms with Gasteiger partial charge in [-0.25, -0.2) is 9.78 Å². The maximum absolute atomic E-state index is 12.5. The second-order valence-electron chi connectivity index (χ2n) is 4.19. The number of methoxy groups -OCH3 is 1. The smallest absolute Gasteiger partial charge is 0.465 e. The molecule has 5 nitrogen and oxygen atoms in total. The SMILES string of the molecule is COC(=O)c1cnc(N)c(-c2ccccc2OC(F)(F)F)c1. The summed E-state index contributed by atoms with van der Waals surface area (Å²) in [6, 6.07) is 6.73. The number of alkyl halides is 3. The van der Waals surface area contributed by atoms with Crippen LogP contribution >= 0.6 is 0 Å². The maximum Gasteiger partial charge on any atom is 0.573 e. The van der Waals surface area contributed by atoms with Gasteiger partial charge in [-0.05, 0) is 12.1 Å². The number of nitrogens with zero attached hydrogens (tertiary/aromatic N) is 1. The summed E-state index contributed by atoms with van der Waals surface area (Å²) in [6.07, 6.45) is -3.67. The van der Waals surface area contributed by atoms with Crippen LogP contribution in [-0.2, 0) is 4.74 Å². The Morgan fingerprint density at radius 2 is 1.91 bits per heavy atom. The van der Waals surface area contributed by atoms with Crippen LogP contribution in [0.4, 0.5) is 19.0 Å². The second-order valence-corrected chi connectivity index (χ2v) is 4.19. The predicted octanol–water partition coefficient (Wildman–Crippen LogP) is 3.02. The van der Waals surface area contributed by atoms with E-state index in [2.05, 4.69) is 14.5 Å². The molecule has 0 aliphatic carbocycles. The number of rotatable bonds is 3. The van der Waals surface area contributed by atoms with E-state index in [1.54, 1.807) is 0 Å². The van der Waals surface area contributed by atoms with Crippen LogP contribution in [0.1, 0.15) is 10.4 Å². The van der Waals surface area contributed by atoms with Crippen molar-refractivity contribution in [2.45, 2.75) is 6.36 Å². The largest absolute Gasteiger partial charge is 0.573 e. The highest BCUT2D eigenvalue weighted by molar-refractivity contribution is 5.92. The number of ether oxygens (including phenoxy) is 2. The number of carbonyl (C=O) groups is 1. The van der Waals surface area contributed by atoms with E-state index in [1.807, 2.05) is 0 Å². The topological polar surface area (TPSA) is 74.4 Å². The molecule has 0 aliphatic rings. The van der Waals surface area contributed by atoms with Gasteiger partial charge in [-0.2, -0.15) is 0 Å². The summed E-state index contributed by atoms with van der Waals surface area (Å²) in [5, 5.41) is 0. The number of para-hydroxylation sites is 1. The Morgan fingerprint density at radius 1 is 1.23 bits per heavy atom. The first-order chi connectivity index (χ1) is 10.3. The van der Waals surface area contributed by atoms with Crippen molar-refractivity contribution in [2.75, 3.05) is 12.8 Å². The van der Waals surface area contributed by atoms with Gasteiger partial charge in [-0.15, -0.1) is 13.2 Å². The molecule has 0 saturated heterocycles. The molecule has 2 N–H and O–H groups in total. The van der Waals surface area contributed by atoms with Crippen LogP contribution in [0.15, 0.2) is 36.5 Å². The Balaban J connectivity index is 2.54. The first kappa shape index (κ1) is 15.6. The van der Waals surface area contributed by atoms with Gasteiger partial charge in [0, 0.05) is 17.3 Å². The molecule has 22 heavy (non-hydrogen) atoms. The third-order valence-electron chi connectivity index (χ3n) is 2.74. The number of nitrogen functional groups attached to an aromatic ring is 1. The molecule has 116 valence electrons. The van der Waals surface area contributed by atoms with Gasteiger partial charge in [0.2, 0.25) is 0 Å². The number of nitrogens with two attached hydrogens (primary N) is 1. The Morgan fingerprint density at radius 3 is 2.55 bits per heavy atom. The molecule has 0 saturated carbocycles. The fourth-order valence-electron chi connectivity index (χ4n) is 1.82. The lowest BCUT2D eigenvalue weighted by atomic mass is 10.0. The van der Waals surface area contributed by atoms with Crippen LogP contribution < -0.4 is 10.5 Å². The fourth-order valence-corrected chi connectivity index (χ4v) is 1.82. The maximum atomic E-state index is 12.5. The molecule has 0 aliphatic heterocycles. The van der Waals surface area contributed by atoms with E-state index in [4.69, 9.17) is 5.73 Å². The molecule has 2 rings (SSSR count). The van der Waals surface area contributed by atoms with Crippen molar-refractivity contribution in [2.24, 2.45) is 0 Å². The second kappa shape index (κ2) is 5.92. The highest BCUT2D eigenvalue weighted by atomic mass is 19.4. The van der Waals surface area contributed by atoms with Crippen LogP contribution in [-0.4, -0.2) is 24.4 Å². The molecule has 0 amide bonds. The van der Waals surface area contributed by atoms with E-state index in [-0.39, 0.29) is 22.5 Å². The highest BCUT2D eigenvalue weighted by Gasteiger charge is 2.32. The number of carbonyl (C=O) groups excluding carboxylic acids is 1. The zero-order chi connectivity index (χ0) is 16.3. The molecule has 2 aromatic rings. The van der Waals surface area contributed by atoms with Gasteiger partial charge in [0.05, 0.1) is 12.7 Å². The van der Waals surface area contributed by atoms with Crippen LogP contribution in [0, 0.1) is 0 Å². The average Bonchev–Trinajstić information content (AvgIpc) is 2.46. The summed E-state index contributed by atoms with van der Waals surface area (Å²) in [4.78, 5) is 15.3. The van der Waals surface area contributed by atoms with Crippen molar-refractivity contribution in [1.29, 1.82) is 0 Å². The van der Waals surface area contributed by atoms with Crippen LogP contribution in [0.3, 0.4) is 0 Å². The highest BCUT2D eigenvalue weighted by Crippen LogP contribution is 2.36. The summed E-state index contributed by atoms with van der Waals surface area (Å²) in [5.41, 5.74) is 5.97. The minimum atomic E-state index is -4.85. The lowest BCUT2D eigenvalue weighted by molar-refractivity contribution is -0.274. The van der Waals surface area contributed by atoms with Gasteiger partial charge >= 0.3 is 12.3 Å². The van der Waals surface area contributed by atoms with E-state index < -0.39 is 18.1 Å². The van der Waals surface area contributed by atoms with Crippen LogP contribution in [0.2, 0.25) is 0 Å². The number of benzene rings is 1. The molecular formula is C14H11F3N2O3. The zero-order valence-electron chi connectivity index (χ0n) is 11.3. The van der Waals surface area contributed by atoms with Gasteiger partial charge in [0.25, 0.3) is 0 Å². The molecule has 1 aromatic carbocycles. The number of pyridine rings is 1. The van der Waals surface area contributed by atoms with Gasteiger partial charge in [0.15, 0.2) is 0 Å². The first-order valence-electron chi connectivity index (χ1n) is 6.01. The van der Waals surface area contributed by atoms with E-state index in [9.17, 15) is 18.0 Å². The normalized spacial score (nSPS) is 11.1. The van der Waals surface area contributed by atoms with Crippen molar-refractivity contribution in [3.8, 4) is 16.9 Å². The van der Waals surface area contributed by atoms with E-state index in [1.165, 1.54) is 37.6 Å². The van der Waals surface area contributed by atoms with Crippen LogP contribution in [0.25, 0.3) is 11.1 Å². The van der Waals surface area contributed by atoms with Gasteiger partial charge in [0.1, 0.15) is 11.6 Å². The predicted molar refractivity (Wildman–Crippen MR) is 72.1 cm³/mol. The molecule has 0 unspecified atom stereocenters. The molecular weight excluding hydrogens is 301 g/mol. The Labute approximate surface area is 123 Å². The number of esters is 1. The minimum Gasteiger partial charge on any atom is -0.465 e. The van der Waals surface area contributed by atoms with Crippen molar-refractivity contribution in [3.05, 3.63) is 42.1 Å². The third-order valence-corrected chi connectivity index (χ3v) is 2.74. The van der Waals surface area contributed by atoms with Crippen LogP contribution in [0.5, 0.6) is 5.75 Å². The number of aromatic nitrogens is 1. The standard InChI is InChI=1S/C14H11F3N2O3/c1-21-13(20)8-6-10(12(18)19-7-8)9-4-2-3-5-11(9)22-14(15,16)17/h2-7H,1H3,(H2,18,19). The Kier molecular flexibility index (Phi) is 4.20. The monoisotopic (exact) mass is 312 g/mol. The van der Waals surface area contributed by atoms with E-state index in [0.717, 1.165) is 6.07 Å². The number of halogens is 3. The Hall–Kier alpha value is -2.77. The summed E-state index contributed by atoms with van der Waals surface area (Å²) < 4.78 is 45.9. The molecule has 0 spiro atoms. The van der Waals surface area contributed by atoms with Gasteiger partial charge < -0.3 is 15.2 Å². The number of hydrogen-bond donors (Lipinski definition) is 1. The summed E-state index contributed by atoms with van der Waals surface area (Å²) in [5.74, 6) is -1.15. The zero-order valence-corrected chi connectivity index (χ0v) is 11.3. The van der Waals surface area contributed by atoms with Crippen molar-refractivity contribution in [3.63, 3.8) is 0 Å². The fraction of sp³-hybridized carbons (Fsp3) is 0.143. The summed E-state index contributed by atoms with van der Waals surface area (Å²) in [7, 11) is 1.18. The van der Waals surface area contributed by atoms with Crippen molar-refractivity contribution < 1.29 is 27.4 Å². The summed E-state index contributed by atoms with van der Waals surface area (Å²) in [6.45, 7) is 0. The lowest BCUT2D eigenvalue weighted by Gasteiger charge is -2.14. The molecule has 1 heterocycles. The molecule has 8 heteroatoms. The molecule has 0 fully saturated rings. The number of hydrogen-bond acceptors (Lipinski definition) is 5. The lowest BCUT2D eigenvalue weighted by Crippen LogP contribution is -2.17. The number of anilines is 1. The summed E-state index contributed by atoms with van der Waals surface area (Å²) >= 11 is 0. The van der Waals surface area contributed by atoms with Gasteiger partial charge in [-0.3, -0.25) is 0 Å². The molecule has 0 bridgehead atoms. The van der Waals surface area contributed by atoms with E-state index >= 15 is 0 Å².